The van der Waals surface area contributed by atoms with Gasteiger partial charge in [-0.1, -0.05) is 40.9 Å². The van der Waals surface area contributed by atoms with E-state index < -0.39 is 0 Å². The minimum absolute atomic E-state index is 0.158. The van der Waals surface area contributed by atoms with Crippen molar-refractivity contribution in [3.05, 3.63) is 56.7 Å². The van der Waals surface area contributed by atoms with Gasteiger partial charge in [0.15, 0.2) is 0 Å². The van der Waals surface area contributed by atoms with Gasteiger partial charge >= 0.3 is 0 Å². The number of fused-ring (bicyclic) bond motifs is 1. The van der Waals surface area contributed by atoms with Crippen molar-refractivity contribution >= 4 is 40.7 Å². The first kappa shape index (κ1) is 15.4. The molecule has 0 bridgehead atoms. The number of nitrogens with one attached hydrogen (secondary N) is 1. The Hall–Kier alpha value is -1.49. The normalized spacial score (nSPS) is 16.0. The Bertz CT molecular complexity index is 713. The van der Waals surface area contributed by atoms with Crippen LogP contribution in [0.1, 0.15) is 17.0 Å². The number of rotatable bonds is 3. The number of benzene rings is 1. The highest BCUT2D eigenvalue weighted by atomic mass is 35.5. The maximum absolute atomic E-state index is 12.3. The fourth-order valence-electron chi connectivity index (χ4n) is 2.30. The van der Waals surface area contributed by atoms with E-state index in [0.29, 0.717) is 26.5 Å². The van der Waals surface area contributed by atoms with Crippen LogP contribution in [0.25, 0.3) is 0 Å². The summed E-state index contributed by atoms with van der Waals surface area (Å²) in [7, 11) is 0. The van der Waals surface area contributed by atoms with Gasteiger partial charge in [0.2, 0.25) is 11.8 Å². The molecular weight excluding hydrogens is 347 g/mol. The second kappa shape index (κ2) is 6.32. The Morgan fingerprint density at radius 2 is 2.05 bits per heavy atom. The number of ether oxygens (including phenoxy) is 1. The summed E-state index contributed by atoms with van der Waals surface area (Å²) in [6.45, 7) is 0.500. The van der Waals surface area contributed by atoms with Crippen molar-refractivity contribution < 1.29 is 9.53 Å². The molecule has 1 aromatic carbocycles. The van der Waals surface area contributed by atoms with E-state index in [0.717, 1.165) is 5.56 Å². The van der Waals surface area contributed by atoms with Crippen LogP contribution < -0.4 is 10.1 Å². The summed E-state index contributed by atoms with van der Waals surface area (Å²) >= 11 is 18.1. The molecule has 1 aromatic heterocycles. The van der Waals surface area contributed by atoms with E-state index in [1.165, 1.54) is 0 Å². The fourth-order valence-corrected chi connectivity index (χ4v) is 3.25. The summed E-state index contributed by atoms with van der Waals surface area (Å²) in [6.07, 6.45) is 1.63. The Balaban J connectivity index is 1.72. The van der Waals surface area contributed by atoms with Crippen molar-refractivity contribution in [2.24, 2.45) is 0 Å². The van der Waals surface area contributed by atoms with Crippen molar-refractivity contribution in [2.45, 2.75) is 12.5 Å². The average molecular weight is 358 g/mol. The van der Waals surface area contributed by atoms with Gasteiger partial charge in [-0.15, -0.1) is 0 Å². The number of halogens is 3. The van der Waals surface area contributed by atoms with E-state index in [4.69, 9.17) is 39.5 Å². The lowest BCUT2D eigenvalue weighted by molar-refractivity contribution is -0.122. The Kier molecular flexibility index (Phi) is 4.43. The number of aromatic nitrogens is 1. The molecule has 22 heavy (non-hydrogen) atoms. The van der Waals surface area contributed by atoms with E-state index in [-0.39, 0.29) is 25.0 Å². The minimum Gasteiger partial charge on any atom is -0.476 e. The van der Waals surface area contributed by atoms with Crippen LogP contribution >= 0.6 is 34.8 Å². The second-order valence-corrected chi connectivity index (χ2v) is 6.08. The van der Waals surface area contributed by atoms with Gasteiger partial charge in [-0.05, 0) is 18.2 Å². The maximum Gasteiger partial charge on any atom is 0.231 e. The summed E-state index contributed by atoms with van der Waals surface area (Å²) in [5, 5.41) is 4.12. The molecule has 0 fully saturated rings. The number of amides is 1. The van der Waals surface area contributed by atoms with Crippen molar-refractivity contribution in [2.75, 3.05) is 6.61 Å². The van der Waals surface area contributed by atoms with Crippen molar-refractivity contribution in [3.8, 4) is 5.88 Å². The topological polar surface area (TPSA) is 51.2 Å². The molecule has 1 aliphatic rings. The molecular formula is C15H11Cl3N2O2. The number of hydrogen-bond donors (Lipinski definition) is 1. The first-order valence-corrected chi connectivity index (χ1v) is 7.68. The Labute approximate surface area is 142 Å². The van der Waals surface area contributed by atoms with E-state index in [1.54, 1.807) is 24.4 Å². The van der Waals surface area contributed by atoms with Crippen LogP contribution in [0.5, 0.6) is 5.88 Å². The Morgan fingerprint density at radius 3 is 2.77 bits per heavy atom. The minimum atomic E-state index is -0.381. The predicted molar refractivity (Wildman–Crippen MR) is 85.8 cm³/mol. The van der Waals surface area contributed by atoms with E-state index in [1.807, 2.05) is 6.07 Å². The molecule has 4 nitrogen and oxygen atoms in total. The fraction of sp³-hybridized carbons (Fsp3) is 0.200. The summed E-state index contributed by atoms with van der Waals surface area (Å²) in [5.41, 5.74) is 1.42. The van der Waals surface area contributed by atoms with E-state index >= 15 is 0 Å². The van der Waals surface area contributed by atoms with E-state index in [2.05, 4.69) is 10.3 Å². The zero-order chi connectivity index (χ0) is 15.7. The van der Waals surface area contributed by atoms with Crippen LogP contribution in [0.15, 0.2) is 30.5 Å². The standard InChI is InChI=1S/C15H11Cl3N2O2/c16-8-4-12(17)10(13(18)5-8)6-20-14(21)11-7-22-15-9(11)2-1-3-19-15/h1-5,11H,6-7H2,(H,20,21)/t11-/m1/s1. The van der Waals surface area contributed by atoms with Gasteiger partial charge in [-0.3, -0.25) is 4.79 Å². The number of nitrogens with zero attached hydrogens (tertiary/aromatic N) is 1. The third-order valence-electron chi connectivity index (χ3n) is 3.42. The van der Waals surface area contributed by atoms with Crippen molar-refractivity contribution in [3.63, 3.8) is 0 Å². The first-order chi connectivity index (χ1) is 10.6. The van der Waals surface area contributed by atoms with Gasteiger partial charge in [-0.25, -0.2) is 4.98 Å². The molecule has 0 spiro atoms. The zero-order valence-electron chi connectivity index (χ0n) is 11.3. The largest absolute Gasteiger partial charge is 0.476 e. The monoisotopic (exact) mass is 356 g/mol. The first-order valence-electron chi connectivity index (χ1n) is 6.55. The molecule has 114 valence electrons. The number of pyridine rings is 1. The van der Waals surface area contributed by atoms with Gasteiger partial charge in [0.1, 0.15) is 12.5 Å². The molecule has 1 amide bonds. The summed E-state index contributed by atoms with van der Waals surface area (Å²) in [6, 6.07) is 6.80. The van der Waals surface area contributed by atoms with Crippen LogP contribution in [-0.2, 0) is 11.3 Å². The van der Waals surface area contributed by atoms with Crippen molar-refractivity contribution in [1.82, 2.24) is 10.3 Å². The summed E-state index contributed by atoms with van der Waals surface area (Å²) in [5.74, 6) is -0.0346. The molecule has 3 rings (SSSR count). The molecule has 0 unspecified atom stereocenters. The second-order valence-electron chi connectivity index (χ2n) is 4.83. The lowest BCUT2D eigenvalue weighted by atomic mass is 10.0. The maximum atomic E-state index is 12.3. The molecule has 7 heteroatoms. The highest BCUT2D eigenvalue weighted by Gasteiger charge is 2.31. The smallest absolute Gasteiger partial charge is 0.231 e. The average Bonchev–Trinajstić information content (AvgIpc) is 2.90. The summed E-state index contributed by atoms with van der Waals surface area (Å²) < 4.78 is 5.41. The van der Waals surface area contributed by atoms with Crippen molar-refractivity contribution in [1.29, 1.82) is 0 Å². The third-order valence-corrected chi connectivity index (χ3v) is 4.32. The van der Waals surface area contributed by atoms with Crippen LogP contribution in [0.3, 0.4) is 0 Å². The van der Waals surface area contributed by atoms with Gasteiger partial charge in [-0.2, -0.15) is 0 Å². The molecule has 0 saturated heterocycles. The highest BCUT2D eigenvalue weighted by molar-refractivity contribution is 6.39. The lowest BCUT2D eigenvalue weighted by Gasteiger charge is -2.12. The van der Waals surface area contributed by atoms with Crippen LogP contribution in [-0.4, -0.2) is 17.5 Å². The molecule has 1 N–H and O–H groups in total. The Morgan fingerprint density at radius 1 is 1.32 bits per heavy atom. The molecule has 2 heterocycles. The molecule has 2 aromatic rings. The molecule has 1 atom stereocenters. The molecule has 0 saturated carbocycles. The quantitative estimate of drug-likeness (QED) is 0.908. The zero-order valence-corrected chi connectivity index (χ0v) is 13.5. The van der Waals surface area contributed by atoms with Gasteiger partial charge in [0, 0.05) is 38.9 Å². The predicted octanol–water partition coefficient (Wildman–Crippen LogP) is 3.83. The van der Waals surface area contributed by atoms with Gasteiger partial charge in [0.05, 0.1) is 0 Å². The summed E-state index contributed by atoms with van der Waals surface area (Å²) in [4.78, 5) is 16.4. The van der Waals surface area contributed by atoms with Crippen LogP contribution in [0.2, 0.25) is 15.1 Å². The van der Waals surface area contributed by atoms with Crippen LogP contribution in [0.4, 0.5) is 0 Å². The molecule has 0 radical (unpaired) electrons. The van der Waals surface area contributed by atoms with E-state index in [9.17, 15) is 4.79 Å². The molecule has 1 aliphatic heterocycles. The number of carbonyl (C=O) groups is 1. The number of carbonyl (C=O) groups excluding carboxylic acids is 1. The lowest BCUT2D eigenvalue weighted by Crippen LogP contribution is -2.30. The van der Waals surface area contributed by atoms with Gasteiger partial charge in [0.25, 0.3) is 0 Å². The number of hydrogen-bond acceptors (Lipinski definition) is 3. The third kappa shape index (κ3) is 3.00. The van der Waals surface area contributed by atoms with Gasteiger partial charge < -0.3 is 10.1 Å². The highest BCUT2D eigenvalue weighted by Crippen LogP contribution is 2.32. The molecule has 0 aliphatic carbocycles. The van der Waals surface area contributed by atoms with Crippen LogP contribution in [0, 0.1) is 0 Å². The SMILES string of the molecule is O=C(NCc1c(Cl)cc(Cl)cc1Cl)[C@@H]1COc2ncccc21.